The number of rotatable bonds is 6. The number of hydrogen-bond donors (Lipinski definition) is 2. The van der Waals surface area contributed by atoms with Gasteiger partial charge in [0.25, 0.3) is 0 Å². The monoisotopic (exact) mass is 478 g/mol. The van der Waals surface area contributed by atoms with Crippen molar-refractivity contribution in [3.05, 3.63) is 47.2 Å². The number of amides is 2. The fourth-order valence-corrected chi connectivity index (χ4v) is 5.19. The third-order valence-electron chi connectivity index (χ3n) is 7.31. The Morgan fingerprint density at radius 1 is 1.20 bits per heavy atom. The summed E-state index contributed by atoms with van der Waals surface area (Å²) in [6.07, 6.45) is 1.76. The predicted octanol–water partition coefficient (Wildman–Crippen LogP) is 2.55. The zero-order valence-electron chi connectivity index (χ0n) is 20.7. The van der Waals surface area contributed by atoms with Crippen LogP contribution in [0.5, 0.6) is 0 Å². The van der Waals surface area contributed by atoms with Crippen LogP contribution in [0, 0.1) is 18.8 Å². The molecule has 1 aromatic carbocycles. The minimum atomic E-state index is -0.236. The summed E-state index contributed by atoms with van der Waals surface area (Å²) in [5, 5.41) is 13.2. The topological polar surface area (TPSA) is 105 Å². The molecular weight excluding hydrogens is 444 g/mol. The van der Waals surface area contributed by atoms with Crippen LogP contribution in [-0.2, 0) is 33.7 Å². The molecule has 9 nitrogen and oxygen atoms in total. The van der Waals surface area contributed by atoms with E-state index in [9.17, 15) is 9.59 Å². The van der Waals surface area contributed by atoms with Crippen LogP contribution in [0.25, 0.3) is 10.9 Å². The number of fused-ring (bicyclic) bond motifs is 2. The number of para-hydroxylation sites is 1. The van der Waals surface area contributed by atoms with E-state index in [1.807, 2.05) is 30.0 Å². The zero-order valence-corrected chi connectivity index (χ0v) is 20.7. The lowest BCUT2D eigenvalue weighted by molar-refractivity contribution is -0.130. The van der Waals surface area contributed by atoms with E-state index in [0.29, 0.717) is 45.7 Å². The normalized spacial score (nSPS) is 19.1. The second-order valence-corrected chi connectivity index (χ2v) is 10.00. The Labute approximate surface area is 205 Å². The van der Waals surface area contributed by atoms with Crippen molar-refractivity contribution in [3.63, 3.8) is 0 Å². The SMILES string of the molecule is Cc1[nH]c2ccccc2c1CC(=O)N1CCc2nnc([C@H](NC(=O)[C@@H]3CCOC3)C(C)C)n2CC1. The second kappa shape index (κ2) is 9.81. The molecule has 2 aliphatic heterocycles. The van der Waals surface area contributed by atoms with Crippen molar-refractivity contribution < 1.29 is 14.3 Å². The molecule has 1 fully saturated rings. The minimum Gasteiger partial charge on any atom is -0.381 e. The number of aromatic amines is 1. The third-order valence-corrected chi connectivity index (χ3v) is 7.31. The molecule has 0 spiro atoms. The fraction of sp³-hybridized carbons (Fsp3) is 0.538. The summed E-state index contributed by atoms with van der Waals surface area (Å²) in [5.41, 5.74) is 3.16. The van der Waals surface area contributed by atoms with Crippen molar-refractivity contribution >= 4 is 22.7 Å². The standard InChI is InChI=1S/C26H34N6O3/c1-16(2)24(28-26(34)18-9-13-35-15-18)25-30-29-22-8-10-31(11-12-32(22)25)23(33)14-20-17(3)27-21-7-5-4-6-19(20)21/h4-7,16,18,24,27H,8-15H2,1-3H3,(H,28,34)/t18-,24-/m1/s1. The number of nitrogens with one attached hydrogen (secondary N) is 2. The van der Waals surface area contributed by atoms with Crippen molar-refractivity contribution in [1.29, 1.82) is 0 Å². The number of hydrogen-bond acceptors (Lipinski definition) is 5. The largest absolute Gasteiger partial charge is 0.381 e. The summed E-state index contributed by atoms with van der Waals surface area (Å²) in [5.74, 6) is 1.81. The average Bonchev–Trinajstić information content (AvgIpc) is 3.54. The van der Waals surface area contributed by atoms with E-state index in [1.54, 1.807) is 0 Å². The number of benzene rings is 1. The number of H-pyrrole nitrogens is 1. The molecule has 2 N–H and O–H groups in total. The van der Waals surface area contributed by atoms with Gasteiger partial charge in [0.15, 0.2) is 5.82 Å². The van der Waals surface area contributed by atoms with Crippen LogP contribution in [0.1, 0.15) is 49.2 Å². The molecule has 0 radical (unpaired) electrons. The molecule has 0 saturated carbocycles. The maximum absolute atomic E-state index is 13.3. The van der Waals surface area contributed by atoms with E-state index in [-0.39, 0.29) is 29.7 Å². The van der Waals surface area contributed by atoms with Gasteiger partial charge in [0.2, 0.25) is 11.8 Å². The molecule has 3 aromatic rings. The Morgan fingerprint density at radius 3 is 2.80 bits per heavy atom. The maximum Gasteiger partial charge on any atom is 0.227 e. The van der Waals surface area contributed by atoms with Gasteiger partial charge in [0.1, 0.15) is 5.82 Å². The fourth-order valence-electron chi connectivity index (χ4n) is 5.19. The molecule has 2 atom stereocenters. The highest BCUT2D eigenvalue weighted by molar-refractivity contribution is 5.90. The van der Waals surface area contributed by atoms with Crippen LogP contribution in [-0.4, -0.2) is 62.8 Å². The number of nitrogens with zero attached hydrogens (tertiary/aromatic N) is 4. The Balaban J connectivity index is 1.29. The van der Waals surface area contributed by atoms with Crippen LogP contribution in [0.4, 0.5) is 0 Å². The molecule has 4 heterocycles. The van der Waals surface area contributed by atoms with Gasteiger partial charge in [-0.2, -0.15) is 0 Å². The van der Waals surface area contributed by atoms with E-state index in [0.717, 1.165) is 40.2 Å². The number of carbonyl (C=O) groups is 2. The summed E-state index contributed by atoms with van der Waals surface area (Å²) >= 11 is 0. The van der Waals surface area contributed by atoms with Gasteiger partial charge in [-0.25, -0.2) is 0 Å². The first-order chi connectivity index (χ1) is 16.9. The summed E-state index contributed by atoms with van der Waals surface area (Å²) in [6, 6.07) is 7.88. The number of aromatic nitrogens is 4. The van der Waals surface area contributed by atoms with Crippen LogP contribution in [0.15, 0.2) is 24.3 Å². The van der Waals surface area contributed by atoms with Gasteiger partial charge in [-0.05, 0) is 30.9 Å². The molecule has 0 unspecified atom stereocenters. The highest BCUT2D eigenvalue weighted by Crippen LogP contribution is 2.26. The minimum absolute atomic E-state index is 0.0121. The molecule has 0 bridgehead atoms. The van der Waals surface area contributed by atoms with Gasteiger partial charge in [-0.1, -0.05) is 32.0 Å². The van der Waals surface area contributed by atoms with E-state index >= 15 is 0 Å². The molecule has 1 saturated heterocycles. The maximum atomic E-state index is 13.3. The summed E-state index contributed by atoms with van der Waals surface area (Å²) < 4.78 is 7.48. The van der Waals surface area contributed by atoms with Crippen molar-refractivity contribution in [2.75, 3.05) is 26.3 Å². The van der Waals surface area contributed by atoms with Gasteiger partial charge in [0, 0.05) is 49.3 Å². The van der Waals surface area contributed by atoms with Gasteiger partial charge in [-0.15, -0.1) is 10.2 Å². The number of aryl methyl sites for hydroxylation is 1. The summed E-state index contributed by atoms with van der Waals surface area (Å²) in [6.45, 7) is 9.10. The van der Waals surface area contributed by atoms with Crippen molar-refractivity contribution in [3.8, 4) is 0 Å². The number of carbonyl (C=O) groups excluding carboxylic acids is 2. The van der Waals surface area contributed by atoms with Crippen molar-refractivity contribution in [2.45, 2.75) is 52.6 Å². The predicted molar refractivity (Wildman–Crippen MR) is 132 cm³/mol. The first kappa shape index (κ1) is 23.5. The molecule has 0 aliphatic carbocycles. The molecule has 2 aromatic heterocycles. The lowest BCUT2D eigenvalue weighted by Gasteiger charge is -2.24. The smallest absolute Gasteiger partial charge is 0.227 e. The van der Waals surface area contributed by atoms with Crippen LogP contribution < -0.4 is 5.32 Å². The molecule has 2 amide bonds. The molecular formula is C26H34N6O3. The van der Waals surface area contributed by atoms with Gasteiger partial charge < -0.3 is 24.5 Å². The molecule has 9 heteroatoms. The Kier molecular flexibility index (Phi) is 6.60. The first-order valence-electron chi connectivity index (χ1n) is 12.6. The third kappa shape index (κ3) is 4.69. The average molecular weight is 479 g/mol. The Hall–Kier alpha value is -3.20. The van der Waals surface area contributed by atoms with E-state index in [1.165, 1.54) is 0 Å². The first-order valence-corrected chi connectivity index (χ1v) is 12.6. The quantitative estimate of drug-likeness (QED) is 0.567. The van der Waals surface area contributed by atoms with Crippen molar-refractivity contribution in [2.24, 2.45) is 11.8 Å². The van der Waals surface area contributed by atoms with Gasteiger partial charge in [-0.3, -0.25) is 9.59 Å². The van der Waals surface area contributed by atoms with E-state index in [2.05, 4.69) is 45.0 Å². The molecule has 186 valence electrons. The van der Waals surface area contributed by atoms with Crippen LogP contribution >= 0.6 is 0 Å². The van der Waals surface area contributed by atoms with Gasteiger partial charge >= 0.3 is 0 Å². The lowest BCUT2D eigenvalue weighted by Crippen LogP contribution is -2.38. The van der Waals surface area contributed by atoms with E-state index < -0.39 is 0 Å². The number of ether oxygens (including phenoxy) is 1. The highest BCUT2D eigenvalue weighted by atomic mass is 16.5. The molecule has 2 aliphatic rings. The van der Waals surface area contributed by atoms with E-state index in [4.69, 9.17) is 4.74 Å². The second-order valence-electron chi connectivity index (χ2n) is 10.00. The van der Waals surface area contributed by atoms with Crippen LogP contribution in [0.2, 0.25) is 0 Å². The lowest BCUT2D eigenvalue weighted by atomic mass is 10.0. The Bertz CT molecular complexity index is 1220. The molecule has 35 heavy (non-hydrogen) atoms. The molecule has 5 rings (SSSR count). The highest BCUT2D eigenvalue weighted by Gasteiger charge is 2.31. The summed E-state index contributed by atoms with van der Waals surface area (Å²) in [4.78, 5) is 31.4. The van der Waals surface area contributed by atoms with Gasteiger partial charge in [0.05, 0.1) is 25.0 Å². The zero-order chi connectivity index (χ0) is 24.5. The summed E-state index contributed by atoms with van der Waals surface area (Å²) in [7, 11) is 0. The Morgan fingerprint density at radius 2 is 2.03 bits per heavy atom. The van der Waals surface area contributed by atoms with Crippen LogP contribution in [0.3, 0.4) is 0 Å². The van der Waals surface area contributed by atoms with Crippen molar-refractivity contribution in [1.82, 2.24) is 30.0 Å².